The molecular weight excluding hydrogens is 204 g/mol. The van der Waals surface area contributed by atoms with Gasteiger partial charge in [0.2, 0.25) is 0 Å². The van der Waals surface area contributed by atoms with Gasteiger partial charge >= 0.3 is 0 Å². The highest BCUT2D eigenvalue weighted by Gasteiger charge is 2.33. The van der Waals surface area contributed by atoms with Gasteiger partial charge < -0.3 is 4.74 Å². The molecular formula is C13H24O3. The van der Waals surface area contributed by atoms with E-state index < -0.39 is 11.0 Å². The Bertz CT molecular complexity index is 269. The lowest BCUT2D eigenvalue weighted by atomic mass is 9.85. The summed E-state index contributed by atoms with van der Waals surface area (Å²) in [4.78, 5) is 23.6. The standard InChI is InChI=1S/C13H24O3/c1-9(2)16-13(6,7)11(15)8-10(14)12(3,4)5/h9H,8H2,1-7H3. The van der Waals surface area contributed by atoms with Crippen molar-refractivity contribution in [3.63, 3.8) is 0 Å². The van der Waals surface area contributed by atoms with Gasteiger partial charge in [0.25, 0.3) is 0 Å². The van der Waals surface area contributed by atoms with Crippen molar-refractivity contribution < 1.29 is 14.3 Å². The van der Waals surface area contributed by atoms with Gasteiger partial charge in [-0.05, 0) is 27.7 Å². The van der Waals surface area contributed by atoms with Crippen molar-refractivity contribution in [1.82, 2.24) is 0 Å². The lowest BCUT2D eigenvalue weighted by Crippen LogP contribution is -2.39. The minimum Gasteiger partial charge on any atom is -0.365 e. The van der Waals surface area contributed by atoms with Gasteiger partial charge in [-0.2, -0.15) is 0 Å². The van der Waals surface area contributed by atoms with E-state index in [2.05, 4.69) is 0 Å². The first-order valence-electron chi connectivity index (χ1n) is 5.71. The largest absolute Gasteiger partial charge is 0.365 e. The Morgan fingerprint density at radius 3 is 1.75 bits per heavy atom. The summed E-state index contributed by atoms with van der Waals surface area (Å²) >= 11 is 0. The van der Waals surface area contributed by atoms with Gasteiger partial charge in [0.05, 0.1) is 12.5 Å². The number of ether oxygens (including phenoxy) is 1. The molecule has 0 fully saturated rings. The number of hydrogen-bond acceptors (Lipinski definition) is 3. The Labute approximate surface area is 98.6 Å². The molecule has 0 rings (SSSR count). The molecule has 0 N–H and O–H groups in total. The van der Waals surface area contributed by atoms with Crippen molar-refractivity contribution in [3.8, 4) is 0 Å². The normalized spacial score (nSPS) is 13.0. The topological polar surface area (TPSA) is 43.4 Å². The number of hydrogen-bond donors (Lipinski definition) is 0. The first-order chi connectivity index (χ1) is 6.97. The van der Waals surface area contributed by atoms with Crippen molar-refractivity contribution in [2.75, 3.05) is 0 Å². The van der Waals surface area contributed by atoms with Crippen LogP contribution in [0.15, 0.2) is 0 Å². The maximum atomic E-state index is 11.9. The second kappa shape index (κ2) is 5.09. The van der Waals surface area contributed by atoms with Crippen molar-refractivity contribution >= 4 is 11.6 Å². The number of ketones is 2. The maximum absolute atomic E-state index is 11.9. The molecule has 0 amide bonds. The third-order valence-electron chi connectivity index (χ3n) is 2.36. The predicted octanol–water partition coefficient (Wildman–Crippen LogP) is 2.76. The molecule has 0 aliphatic heterocycles. The molecule has 94 valence electrons. The zero-order chi connectivity index (χ0) is 13.1. The summed E-state index contributed by atoms with van der Waals surface area (Å²) < 4.78 is 5.51. The summed E-state index contributed by atoms with van der Waals surface area (Å²) in [6, 6.07) is 0. The number of carbonyl (C=O) groups excluding carboxylic acids is 2. The Kier molecular flexibility index (Phi) is 4.86. The average molecular weight is 228 g/mol. The fraction of sp³-hybridized carbons (Fsp3) is 0.846. The van der Waals surface area contributed by atoms with Gasteiger partial charge in [0, 0.05) is 5.41 Å². The summed E-state index contributed by atoms with van der Waals surface area (Å²) in [5.41, 5.74) is -1.35. The highest BCUT2D eigenvalue weighted by Crippen LogP contribution is 2.21. The Hall–Kier alpha value is -0.700. The Balaban J connectivity index is 4.53. The Morgan fingerprint density at radius 1 is 1.00 bits per heavy atom. The van der Waals surface area contributed by atoms with Crippen molar-refractivity contribution in [2.45, 2.75) is 66.6 Å². The highest BCUT2D eigenvalue weighted by molar-refractivity contribution is 6.04. The summed E-state index contributed by atoms with van der Waals surface area (Å²) in [5.74, 6) is -0.195. The highest BCUT2D eigenvalue weighted by atomic mass is 16.5. The molecule has 0 spiro atoms. The van der Waals surface area contributed by atoms with Crippen LogP contribution in [0.2, 0.25) is 0 Å². The summed E-state index contributed by atoms with van der Waals surface area (Å²) in [5, 5.41) is 0. The average Bonchev–Trinajstić information content (AvgIpc) is 1.99. The zero-order valence-electron chi connectivity index (χ0n) is 11.5. The summed E-state index contributed by atoms with van der Waals surface area (Å²) in [7, 11) is 0. The van der Waals surface area contributed by atoms with Crippen LogP contribution in [-0.2, 0) is 14.3 Å². The van der Waals surface area contributed by atoms with Gasteiger partial charge in [-0.3, -0.25) is 9.59 Å². The molecule has 16 heavy (non-hydrogen) atoms. The first kappa shape index (κ1) is 15.3. The van der Waals surface area contributed by atoms with Crippen LogP contribution in [0.4, 0.5) is 0 Å². The minimum atomic E-state index is -0.880. The van der Waals surface area contributed by atoms with Gasteiger partial charge in [-0.15, -0.1) is 0 Å². The smallest absolute Gasteiger partial charge is 0.171 e. The molecule has 0 aromatic heterocycles. The molecule has 0 unspecified atom stereocenters. The fourth-order valence-electron chi connectivity index (χ4n) is 1.28. The lowest BCUT2D eigenvalue weighted by molar-refractivity contribution is -0.148. The second-order valence-electron chi connectivity index (χ2n) is 5.95. The molecule has 0 saturated heterocycles. The molecule has 0 heterocycles. The van der Waals surface area contributed by atoms with Crippen LogP contribution in [0.5, 0.6) is 0 Å². The second-order valence-corrected chi connectivity index (χ2v) is 5.95. The number of carbonyl (C=O) groups is 2. The van der Waals surface area contributed by atoms with Crippen molar-refractivity contribution in [3.05, 3.63) is 0 Å². The monoisotopic (exact) mass is 228 g/mol. The zero-order valence-corrected chi connectivity index (χ0v) is 11.5. The maximum Gasteiger partial charge on any atom is 0.171 e. The molecule has 0 aromatic carbocycles. The van der Waals surface area contributed by atoms with Crippen LogP contribution in [-0.4, -0.2) is 23.3 Å². The predicted molar refractivity (Wildman–Crippen MR) is 64.4 cm³/mol. The molecule has 0 atom stereocenters. The van der Waals surface area contributed by atoms with E-state index >= 15 is 0 Å². The third-order valence-corrected chi connectivity index (χ3v) is 2.36. The van der Waals surface area contributed by atoms with Crippen LogP contribution < -0.4 is 0 Å². The molecule has 0 radical (unpaired) electrons. The summed E-state index contributed by atoms with van der Waals surface area (Å²) in [6.45, 7) is 12.6. The van der Waals surface area contributed by atoms with Crippen LogP contribution in [0.3, 0.4) is 0 Å². The molecule has 3 nitrogen and oxygen atoms in total. The molecule has 3 heteroatoms. The number of rotatable bonds is 5. The summed E-state index contributed by atoms with van der Waals surface area (Å²) in [6.07, 6.45) is -0.0767. The van der Waals surface area contributed by atoms with Crippen LogP contribution in [0.1, 0.15) is 54.9 Å². The lowest BCUT2D eigenvalue weighted by Gasteiger charge is -2.27. The van der Waals surface area contributed by atoms with Gasteiger partial charge in [0.1, 0.15) is 11.4 Å². The van der Waals surface area contributed by atoms with E-state index in [1.54, 1.807) is 13.8 Å². The molecule has 0 bridgehead atoms. The van der Waals surface area contributed by atoms with E-state index in [-0.39, 0.29) is 24.1 Å². The van der Waals surface area contributed by atoms with Gasteiger partial charge in [0.15, 0.2) is 5.78 Å². The van der Waals surface area contributed by atoms with Crippen molar-refractivity contribution in [2.24, 2.45) is 5.41 Å². The molecule has 0 aromatic rings. The van der Waals surface area contributed by atoms with Crippen LogP contribution >= 0.6 is 0 Å². The van der Waals surface area contributed by atoms with E-state index in [0.29, 0.717) is 0 Å². The van der Waals surface area contributed by atoms with E-state index in [1.807, 2.05) is 34.6 Å². The van der Waals surface area contributed by atoms with Crippen molar-refractivity contribution in [1.29, 1.82) is 0 Å². The minimum absolute atomic E-state index is 0.0244. The fourth-order valence-corrected chi connectivity index (χ4v) is 1.28. The van der Waals surface area contributed by atoms with Gasteiger partial charge in [-0.1, -0.05) is 20.8 Å². The van der Waals surface area contributed by atoms with E-state index in [0.717, 1.165) is 0 Å². The quantitative estimate of drug-likeness (QED) is 0.679. The van der Waals surface area contributed by atoms with Gasteiger partial charge in [-0.25, -0.2) is 0 Å². The molecule has 0 aliphatic rings. The number of Topliss-reactive ketones (excluding diaryl/α,β-unsaturated/α-hetero) is 2. The Morgan fingerprint density at radius 2 is 1.44 bits per heavy atom. The SMILES string of the molecule is CC(C)OC(C)(C)C(=O)CC(=O)C(C)(C)C. The van der Waals surface area contributed by atoms with Crippen LogP contribution in [0, 0.1) is 5.41 Å². The third kappa shape index (κ3) is 4.88. The molecule has 0 saturated carbocycles. The molecule has 0 aliphatic carbocycles. The van der Waals surface area contributed by atoms with E-state index in [4.69, 9.17) is 4.74 Å². The van der Waals surface area contributed by atoms with Crippen LogP contribution in [0.25, 0.3) is 0 Å². The van der Waals surface area contributed by atoms with E-state index in [1.165, 1.54) is 0 Å². The first-order valence-corrected chi connectivity index (χ1v) is 5.71. The van der Waals surface area contributed by atoms with E-state index in [9.17, 15) is 9.59 Å².